The molecule has 1 aromatic rings. The molecule has 0 fully saturated rings. The Hall–Kier alpha value is -0.740. The van der Waals surface area contributed by atoms with Crippen LogP contribution in [-0.2, 0) is 5.92 Å². The quantitative estimate of drug-likeness (QED) is 0.848. The molecule has 0 aliphatic carbocycles. The van der Waals surface area contributed by atoms with Crippen LogP contribution in [0.1, 0.15) is 12.0 Å². The maximum atomic E-state index is 13.4. The predicted octanol–water partition coefficient (Wildman–Crippen LogP) is 3.18. The summed E-state index contributed by atoms with van der Waals surface area (Å²) in [5, 5.41) is 2.35. The van der Waals surface area contributed by atoms with Gasteiger partial charge in [-0.05, 0) is 19.2 Å². The van der Waals surface area contributed by atoms with Crippen LogP contribution in [-0.4, -0.2) is 13.6 Å². The van der Waals surface area contributed by atoms with Crippen LogP contribution in [0.25, 0.3) is 0 Å². The van der Waals surface area contributed by atoms with Gasteiger partial charge in [-0.2, -0.15) is 0 Å². The molecule has 84 valence electrons. The molecule has 15 heavy (non-hydrogen) atoms. The summed E-state index contributed by atoms with van der Waals surface area (Å²) < 4.78 is 39.6. The molecular formula is C10H11ClF3N. The van der Waals surface area contributed by atoms with Crippen LogP contribution in [0.15, 0.2) is 18.2 Å². The predicted molar refractivity (Wildman–Crippen MR) is 53.8 cm³/mol. The van der Waals surface area contributed by atoms with Gasteiger partial charge in [0.25, 0.3) is 5.92 Å². The third-order valence-electron chi connectivity index (χ3n) is 2.03. The minimum atomic E-state index is -2.99. The van der Waals surface area contributed by atoms with Crippen molar-refractivity contribution in [2.45, 2.75) is 12.3 Å². The van der Waals surface area contributed by atoms with Gasteiger partial charge in [0.1, 0.15) is 5.82 Å². The molecule has 0 atom stereocenters. The summed E-state index contributed by atoms with van der Waals surface area (Å²) in [6, 6.07) is 2.97. The zero-order valence-electron chi connectivity index (χ0n) is 8.16. The Morgan fingerprint density at radius 2 is 2.07 bits per heavy atom. The summed E-state index contributed by atoms with van der Waals surface area (Å²) in [4.78, 5) is 0. The van der Waals surface area contributed by atoms with Gasteiger partial charge in [-0.1, -0.05) is 17.7 Å². The fraction of sp³-hybridized carbons (Fsp3) is 0.400. The lowest BCUT2D eigenvalue weighted by Gasteiger charge is -2.16. The molecule has 0 radical (unpaired) electrons. The Bertz CT molecular complexity index is 341. The van der Waals surface area contributed by atoms with Gasteiger partial charge in [0.15, 0.2) is 0 Å². The van der Waals surface area contributed by atoms with Gasteiger partial charge in [0, 0.05) is 18.5 Å². The smallest absolute Gasteiger partial charge is 0.274 e. The molecule has 0 spiro atoms. The van der Waals surface area contributed by atoms with Crippen molar-refractivity contribution in [3.05, 3.63) is 34.6 Å². The van der Waals surface area contributed by atoms with Crippen LogP contribution < -0.4 is 5.32 Å². The highest BCUT2D eigenvalue weighted by molar-refractivity contribution is 6.30. The molecule has 5 heteroatoms. The molecule has 0 saturated carbocycles. The van der Waals surface area contributed by atoms with Crippen LogP contribution in [0.4, 0.5) is 13.2 Å². The highest BCUT2D eigenvalue weighted by Gasteiger charge is 2.31. The summed E-state index contributed by atoms with van der Waals surface area (Å²) in [6.07, 6.45) is -0.342. The Labute approximate surface area is 91.2 Å². The number of hydrogen-bond acceptors (Lipinski definition) is 1. The average molecular weight is 238 g/mol. The molecule has 0 aliphatic rings. The molecule has 0 heterocycles. The van der Waals surface area contributed by atoms with Crippen LogP contribution in [0.2, 0.25) is 5.02 Å². The molecule has 0 amide bonds. The van der Waals surface area contributed by atoms with E-state index in [4.69, 9.17) is 11.6 Å². The fourth-order valence-electron chi connectivity index (χ4n) is 1.15. The largest absolute Gasteiger partial charge is 0.320 e. The number of alkyl halides is 2. The molecule has 0 saturated heterocycles. The normalized spacial score (nSPS) is 11.8. The molecular weight excluding hydrogens is 227 g/mol. The summed E-state index contributed by atoms with van der Waals surface area (Å²) in [5.74, 6) is -3.68. The van der Waals surface area contributed by atoms with E-state index < -0.39 is 11.7 Å². The molecule has 0 unspecified atom stereocenters. The van der Waals surface area contributed by atoms with Crippen molar-refractivity contribution < 1.29 is 13.2 Å². The van der Waals surface area contributed by atoms with E-state index >= 15 is 0 Å². The summed E-state index contributed by atoms with van der Waals surface area (Å²) in [6.45, 7) is 0.183. The monoisotopic (exact) mass is 237 g/mol. The van der Waals surface area contributed by atoms with Gasteiger partial charge >= 0.3 is 0 Å². The number of nitrogens with one attached hydrogen (secondary N) is 1. The molecule has 1 nitrogen and oxygen atoms in total. The lowest BCUT2D eigenvalue weighted by Crippen LogP contribution is -2.20. The van der Waals surface area contributed by atoms with E-state index in [0.29, 0.717) is 0 Å². The highest BCUT2D eigenvalue weighted by Crippen LogP contribution is 2.33. The maximum Gasteiger partial charge on any atom is 0.274 e. The second-order valence-corrected chi connectivity index (χ2v) is 3.59. The van der Waals surface area contributed by atoms with Crippen molar-refractivity contribution in [2.24, 2.45) is 0 Å². The summed E-state index contributed by atoms with van der Waals surface area (Å²) >= 11 is 5.43. The lowest BCUT2D eigenvalue weighted by molar-refractivity contribution is -0.0124. The molecule has 1 N–H and O–H groups in total. The zero-order chi connectivity index (χ0) is 11.5. The Balaban J connectivity index is 2.89. The summed E-state index contributed by atoms with van der Waals surface area (Å²) in [5.41, 5.74) is -0.260. The van der Waals surface area contributed by atoms with Gasteiger partial charge < -0.3 is 5.32 Å². The van der Waals surface area contributed by atoms with Crippen molar-refractivity contribution in [2.75, 3.05) is 13.6 Å². The Kier molecular flexibility index (Phi) is 3.99. The van der Waals surface area contributed by atoms with E-state index in [1.54, 1.807) is 7.05 Å². The van der Waals surface area contributed by atoms with E-state index in [1.807, 2.05) is 0 Å². The fourth-order valence-corrected chi connectivity index (χ4v) is 1.33. The van der Waals surface area contributed by atoms with Crippen molar-refractivity contribution in [1.82, 2.24) is 5.32 Å². The van der Waals surface area contributed by atoms with Gasteiger partial charge in [0.05, 0.1) is 5.02 Å². The maximum absolute atomic E-state index is 13.4. The lowest BCUT2D eigenvalue weighted by atomic mass is 10.1. The van der Waals surface area contributed by atoms with Gasteiger partial charge in [-0.3, -0.25) is 0 Å². The first-order valence-electron chi connectivity index (χ1n) is 4.45. The van der Waals surface area contributed by atoms with Crippen LogP contribution in [0, 0.1) is 5.82 Å². The molecule has 0 bridgehead atoms. The van der Waals surface area contributed by atoms with Gasteiger partial charge in [0.2, 0.25) is 0 Å². The van der Waals surface area contributed by atoms with E-state index in [-0.39, 0.29) is 23.6 Å². The van der Waals surface area contributed by atoms with Gasteiger partial charge in [-0.25, -0.2) is 13.2 Å². The highest BCUT2D eigenvalue weighted by atomic mass is 35.5. The molecule has 0 aromatic heterocycles. The van der Waals surface area contributed by atoms with E-state index in [1.165, 1.54) is 0 Å². The molecule has 1 rings (SSSR count). The third kappa shape index (κ3) is 3.11. The van der Waals surface area contributed by atoms with Crippen LogP contribution in [0.5, 0.6) is 0 Å². The molecule has 1 aromatic carbocycles. The standard InChI is InChI=1S/C10H11ClF3N/c1-15-5-4-10(13,14)7-2-3-9(12)8(11)6-7/h2-3,6,15H,4-5H2,1H3. The second kappa shape index (κ2) is 4.86. The Morgan fingerprint density at radius 3 is 2.60 bits per heavy atom. The average Bonchev–Trinajstić information content (AvgIpc) is 2.19. The SMILES string of the molecule is CNCCC(F)(F)c1ccc(F)c(Cl)c1. The number of halogens is 4. The van der Waals surface area contributed by atoms with Crippen molar-refractivity contribution in [1.29, 1.82) is 0 Å². The van der Waals surface area contributed by atoms with E-state index in [0.717, 1.165) is 18.2 Å². The minimum Gasteiger partial charge on any atom is -0.320 e. The number of rotatable bonds is 4. The van der Waals surface area contributed by atoms with Crippen LogP contribution in [0.3, 0.4) is 0 Å². The van der Waals surface area contributed by atoms with Gasteiger partial charge in [-0.15, -0.1) is 0 Å². The second-order valence-electron chi connectivity index (χ2n) is 3.19. The van der Waals surface area contributed by atoms with Crippen LogP contribution >= 0.6 is 11.6 Å². The van der Waals surface area contributed by atoms with E-state index in [2.05, 4.69) is 5.32 Å². The first-order valence-corrected chi connectivity index (χ1v) is 4.83. The number of benzene rings is 1. The topological polar surface area (TPSA) is 12.0 Å². The third-order valence-corrected chi connectivity index (χ3v) is 2.32. The van der Waals surface area contributed by atoms with Crippen molar-refractivity contribution in [3.8, 4) is 0 Å². The van der Waals surface area contributed by atoms with E-state index in [9.17, 15) is 13.2 Å². The first kappa shape index (κ1) is 12.3. The van der Waals surface area contributed by atoms with Crippen molar-refractivity contribution >= 4 is 11.6 Å². The minimum absolute atomic E-state index is 0.183. The Morgan fingerprint density at radius 1 is 1.40 bits per heavy atom. The van der Waals surface area contributed by atoms with Crippen molar-refractivity contribution in [3.63, 3.8) is 0 Å². The number of hydrogen-bond donors (Lipinski definition) is 1. The molecule has 0 aliphatic heterocycles. The zero-order valence-corrected chi connectivity index (χ0v) is 8.91. The first-order chi connectivity index (χ1) is 6.97. The summed E-state index contributed by atoms with van der Waals surface area (Å²) in [7, 11) is 1.59.